The van der Waals surface area contributed by atoms with Crippen LogP contribution in [0.4, 0.5) is 11.4 Å². The van der Waals surface area contributed by atoms with Crippen molar-refractivity contribution in [3.8, 4) is 5.75 Å². The van der Waals surface area contributed by atoms with Gasteiger partial charge in [-0.05, 0) is 72.9 Å². The van der Waals surface area contributed by atoms with E-state index in [0.29, 0.717) is 22.9 Å². The molecule has 0 bridgehead atoms. The molecular formula is C26H28N2O3. The molecule has 0 spiro atoms. The first-order valence-electron chi connectivity index (χ1n) is 10.3. The second-order valence-electron chi connectivity index (χ2n) is 7.88. The van der Waals surface area contributed by atoms with Gasteiger partial charge < -0.3 is 15.4 Å². The summed E-state index contributed by atoms with van der Waals surface area (Å²) in [5, 5.41) is 5.75. The Labute approximate surface area is 183 Å². The number of benzene rings is 3. The van der Waals surface area contributed by atoms with Crippen LogP contribution >= 0.6 is 0 Å². The van der Waals surface area contributed by atoms with E-state index in [9.17, 15) is 9.59 Å². The Morgan fingerprint density at radius 2 is 1.65 bits per heavy atom. The molecule has 5 heteroatoms. The van der Waals surface area contributed by atoms with E-state index in [1.807, 2.05) is 56.3 Å². The molecule has 0 heterocycles. The first-order valence-corrected chi connectivity index (χ1v) is 10.3. The number of amides is 2. The summed E-state index contributed by atoms with van der Waals surface area (Å²) in [5.74, 6) is 0.630. The Bertz CT molecular complexity index is 1080. The minimum Gasteiger partial charge on any atom is -0.483 e. The molecule has 3 aromatic carbocycles. The van der Waals surface area contributed by atoms with Gasteiger partial charge in [0.25, 0.3) is 11.8 Å². The van der Waals surface area contributed by atoms with Gasteiger partial charge >= 0.3 is 0 Å². The van der Waals surface area contributed by atoms with Crippen molar-refractivity contribution in [2.45, 2.75) is 33.6 Å². The summed E-state index contributed by atoms with van der Waals surface area (Å²) in [7, 11) is 0. The lowest BCUT2D eigenvalue weighted by atomic mass is 10.0. The van der Waals surface area contributed by atoms with Crippen molar-refractivity contribution in [1.82, 2.24) is 0 Å². The lowest BCUT2D eigenvalue weighted by molar-refractivity contribution is -0.118. The molecule has 0 aliphatic carbocycles. The average molecular weight is 417 g/mol. The van der Waals surface area contributed by atoms with E-state index in [2.05, 4.69) is 24.5 Å². The van der Waals surface area contributed by atoms with E-state index in [1.165, 1.54) is 0 Å². The van der Waals surface area contributed by atoms with Crippen LogP contribution in [0, 0.1) is 13.8 Å². The van der Waals surface area contributed by atoms with Crippen LogP contribution in [0.5, 0.6) is 5.75 Å². The summed E-state index contributed by atoms with van der Waals surface area (Å²) in [6.45, 7) is 8.00. The number of rotatable bonds is 7. The number of carbonyl (C=O) groups is 2. The minimum absolute atomic E-state index is 0.0747. The van der Waals surface area contributed by atoms with Crippen molar-refractivity contribution in [3.05, 3.63) is 89.0 Å². The maximum absolute atomic E-state index is 12.4. The van der Waals surface area contributed by atoms with Crippen LogP contribution in [0.3, 0.4) is 0 Å². The van der Waals surface area contributed by atoms with Crippen molar-refractivity contribution < 1.29 is 14.3 Å². The summed E-state index contributed by atoms with van der Waals surface area (Å²) in [5.41, 5.74) is 4.95. The van der Waals surface area contributed by atoms with Crippen molar-refractivity contribution in [1.29, 1.82) is 0 Å². The molecule has 31 heavy (non-hydrogen) atoms. The van der Waals surface area contributed by atoms with E-state index in [0.717, 1.165) is 22.4 Å². The van der Waals surface area contributed by atoms with Gasteiger partial charge in [-0.2, -0.15) is 0 Å². The fraction of sp³-hybridized carbons (Fsp3) is 0.231. The van der Waals surface area contributed by atoms with Crippen LogP contribution in [-0.2, 0) is 4.79 Å². The summed E-state index contributed by atoms with van der Waals surface area (Å²) < 4.78 is 5.80. The van der Waals surface area contributed by atoms with Gasteiger partial charge in [-0.25, -0.2) is 0 Å². The number of hydrogen-bond donors (Lipinski definition) is 2. The van der Waals surface area contributed by atoms with E-state index in [1.54, 1.807) is 24.3 Å². The standard InChI is InChI=1S/C26H28N2O3/c1-17(2)22-12-10-18(3)14-24(22)31-16-25(29)27-21-11-13-23(19(4)15-21)28-26(30)20-8-6-5-7-9-20/h5-15,17H,16H2,1-4H3,(H,27,29)(H,28,30). The third kappa shape index (κ3) is 5.95. The summed E-state index contributed by atoms with van der Waals surface area (Å²) in [6.07, 6.45) is 0. The lowest BCUT2D eigenvalue weighted by Crippen LogP contribution is -2.21. The van der Waals surface area contributed by atoms with Gasteiger partial charge in [0.15, 0.2) is 6.61 Å². The molecule has 3 aromatic rings. The maximum atomic E-state index is 12.4. The predicted octanol–water partition coefficient (Wildman–Crippen LogP) is 5.70. The first kappa shape index (κ1) is 22.1. The first-order chi connectivity index (χ1) is 14.8. The van der Waals surface area contributed by atoms with E-state index >= 15 is 0 Å². The molecule has 0 saturated heterocycles. The Kier molecular flexibility index (Phi) is 7.08. The molecule has 0 aliphatic rings. The SMILES string of the molecule is Cc1ccc(C(C)C)c(OCC(=O)Nc2ccc(NC(=O)c3ccccc3)c(C)c2)c1. The predicted molar refractivity (Wildman–Crippen MR) is 125 cm³/mol. The second-order valence-corrected chi connectivity index (χ2v) is 7.88. The number of hydrogen-bond acceptors (Lipinski definition) is 3. The van der Waals surface area contributed by atoms with Gasteiger partial charge in [0.05, 0.1) is 0 Å². The highest BCUT2D eigenvalue weighted by atomic mass is 16.5. The normalized spacial score (nSPS) is 10.6. The fourth-order valence-corrected chi connectivity index (χ4v) is 3.25. The average Bonchev–Trinajstić information content (AvgIpc) is 2.74. The molecule has 0 aliphatic heterocycles. The molecule has 0 aromatic heterocycles. The van der Waals surface area contributed by atoms with Crippen LogP contribution in [0.25, 0.3) is 0 Å². The lowest BCUT2D eigenvalue weighted by Gasteiger charge is -2.15. The highest BCUT2D eigenvalue weighted by Gasteiger charge is 2.12. The Morgan fingerprint density at radius 1 is 0.903 bits per heavy atom. The molecule has 160 valence electrons. The van der Waals surface area contributed by atoms with Crippen LogP contribution in [0.15, 0.2) is 66.7 Å². The molecule has 0 unspecified atom stereocenters. The number of ether oxygens (including phenoxy) is 1. The highest BCUT2D eigenvalue weighted by Crippen LogP contribution is 2.27. The molecule has 0 radical (unpaired) electrons. The molecule has 2 N–H and O–H groups in total. The number of nitrogens with one attached hydrogen (secondary N) is 2. The summed E-state index contributed by atoms with van der Waals surface area (Å²) in [4.78, 5) is 24.8. The van der Waals surface area contributed by atoms with Gasteiger partial charge in [-0.1, -0.05) is 44.2 Å². The van der Waals surface area contributed by atoms with E-state index in [4.69, 9.17) is 4.74 Å². The largest absolute Gasteiger partial charge is 0.483 e. The van der Waals surface area contributed by atoms with Gasteiger partial charge in [0.1, 0.15) is 5.75 Å². The Morgan fingerprint density at radius 3 is 2.32 bits per heavy atom. The zero-order valence-electron chi connectivity index (χ0n) is 18.4. The van der Waals surface area contributed by atoms with Gasteiger partial charge in [0.2, 0.25) is 0 Å². The minimum atomic E-state index is -0.239. The quantitative estimate of drug-likeness (QED) is 0.519. The van der Waals surface area contributed by atoms with Crippen LogP contribution in [0.1, 0.15) is 46.8 Å². The van der Waals surface area contributed by atoms with Crippen molar-refractivity contribution in [3.63, 3.8) is 0 Å². The zero-order chi connectivity index (χ0) is 22.4. The smallest absolute Gasteiger partial charge is 0.262 e. The van der Waals surface area contributed by atoms with Crippen LogP contribution < -0.4 is 15.4 Å². The van der Waals surface area contributed by atoms with Crippen molar-refractivity contribution in [2.24, 2.45) is 0 Å². The molecule has 0 fully saturated rings. The monoisotopic (exact) mass is 416 g/mol. The zero-order valence-corrected chi connectivity index (χ0v) is 18.4. The summed E-state index contributed by atoms with van der Waals surface area (Å²) >= 11 is 0. The van der Waals surface area contributed by atoms with E-state index < -0.39 is 0 Å². The third-order valence-electron chi connectivity index (χ3n) is 4.94. The fourth-order valence-electron chi connectivity index (χ4n) is 3.25. The Balaban J connectivity index is 1.60. The molecule has 5 nitrogen and oxygen atoms in total. The molecule has 3 rings (SSSR count). The number of carbonyl (C=O) groups excluding carboxylic acids is 2. The van der Waals surface area contributed by atoms with Gasteiger partial charge in [0, 0.05) is 16.9 Å². The topological polar surface area (TPSA) is 67.4 Å². The maximum Gasteiger partial charge on any atom is 0.262 e. The third-order valence-corrected chi connectivity index (χ3v) is 4.94. The molecular weight excluding hydrogens is 388 g/mol. The number of anilines is 2. The second kappa shape index (κ2) is 9.94. The van der Waals surface area contributed by atoms with Crippen molar-refractivity contribution in [2.75, 3.05) is 17.2 Å². The highest BCUT2D eigenvalue weighted by molar-refractivity contribution is 6.04. The van der Waals surface area contributed by atoms with Gasteiger partial charge in [-0.3, -0.25) is 9.59 Å². The van der Waals surface area contributed by atoms with E-state index in [-0.39, 0.29) is 18.4 Å². The molecule has 2 amide bonds. The van der Waals surface area contributed by atoms with Gasteiger partial charge in [-0.15, -0.1) is 0 Å². The van der Waals surface area contributed by atoms with Crippen LogP contribution in [0.2, 0.25) is 0 Å². The molecule has 0 saturated carbocycles. The summed E-state index contributed by atoms with van der Waals surface area (Å²) in [6, 6.07) is 20.4. The molecule has 0 atom stereocenters. The Hall–Kier alpha value is -3.60. The van der Waals surface area contributed by atoms with Crippen molar-refractivity contribution >= 4 is 23.2 Å². The van der Waals surface area contributed by atoms with Crippen LogP contribution in [-0.4, -0.2) is 18.4 Å². The number of aryl methyl sites for hydroxylation is 2.